The van der Waals surface area contributed by atoms with Gasteiger partial charge in [-0.3, -0.25) is 14.9 Å². The first-order valence-electron chi connectivity index (χ1n) is 10.5. The van der Waals surface area contributed by atoms with Crippen LogP contribution in [-0.4, -0.2) is 34.9 Å². The Balaban J connectivity index is 1.49. The van der Waals surface area contributed by atoms with Crippen LogP contribution in [0.1, 0.15) is 22.3 Å². The lowest BCUT2D eigenvalue weighted by atomic mass is 10.1. The number of carboxylic acid groups (broad SMARTS) is 1. The molecule has 2 amide bonds. The second kappa shape index (κ2) is 12.5. The molecule has 0 aliphatic carbocycles. The summed E-state index contributed by atoms with van der Waals surface area (Å²) in [5.41, 5.74) is 2.61. The van der Waals surface area contributed by atoms with Gasteiger partial charge in [-0.2, -0.15) is 0 Å². The predicted octanol–water partition coefficient (Wildman–Crippen LogP) is 6.74. The molecule has 0 aromatic heterocycles. The molecule has 7 nitrogen and oxygen atoms in total. The molecule has 3 aromatic rings. The minimum Gasteiger partial charge on any atom is -0.480 e. The summed E-state index contributed by atoms with van der Waals surface area (Å²) in [5, 5.41) is 14.7. The van der Waals surface area contributed by atoms with Crippen molar-refractivity contribution in [2.24, 2.45) is 0 Å². The SMILES string of the molecule is Cc1ccc(C(=O)Nc2ccc(SC(CCOC(=O)Nc3ccc(Cl)c(Cl)c3)C(=O)O)cc2)cc1. The maximum Gasteiger partial charge on any atom is 0.411 e. The maximum atomic E-state index is 12.3. The Morgan fingerprint density at radius 3 is 2.20 bits per heavy atom. The molecule has 3 N–H and O–H groups in total. The van der Waals surface area contributed by atoms with Crippen molar-refractivity contribution in [1.82, 2.24) is 0 Å². The van der Waals surface area contributed by atoms with Crippen molar-refractivity contribution in [3.05, 3.63) is 87.9 Å². The number of benzene rings is 3. The van der Waals surface area contributed by atoms with Crippen molar-refractivity contribution in [2.45, 2.75) is 23.5 Å². The number of hydrogen-bond acceptors (Lipinski definition) is 5. The molecule has 0 aliphatic heterocycles. The second-order valence-electron chi connectivity index (χ2n) is 7.47. The first-order valence-corrected chi connectivity index (χ1v) is 12.1. The molecule has 0 aliphatic rings. The molecule has 0 saturated heterocycles. The van der Waals surface area contributed by atoms with E-state index in [1.807, 2.05) is 19.1 Å². The fraction of sp³-hybridized carbons (Fsp3) is 0.160. The zero-order valence-corrected chi connectivity index (χ0v) is 20.9. The van der Waals surface area contributed by atoms with Crippen LogP contribution in [0.4, 0.5) is 16.2 Å². The van der Waals surface area contributed by atoms with E-state index in [0.717, 1.165) is 17.3 Å². The highest BCUT2D eigenvalue weighted by Gasteiger charge is 2.20. The number of anilines is 2. The van der Waals surface area contributed by atoms with E-state index in [9.17, 15) is 19.5 Å². The summed E-state index contributed by atoms with van der Waals surface area (Å²) < 4.78 is 5.10. The predicted molar refractivity (Wildman–Crippen MR) is 139 cm³/mol. The number of ether oxygens (including phenoxy) is 1. The van der Waals surface area contributed by atoms with Crippen molar-refractivity contribution in [1.29, 1.82) is 0 Å². The van der Waals surface area contributed by atoms with Gasteiger partial charge in [-0.05, 0) is 61.5 Å². The summed E-state index contributed by atoms with van der Waals surface area (Å²) >= 11 is 12.9. The van der Waals surface area contributed by atoms with Gasteiger partial charge in [-0.15, -0.1) is 11.8 Å². The van der Waals surface area contributed by atoms with Gasteiger partial charge in [-0.1, -0.05) is 40.9 Å². The van der Waals surface area contributed by atoms with E-state index in [-0.39, 0.29) is 24.0 Å². The molecule has 0 saturated carbocycles. The van der Waals surface area contributed by atoms with Gasteiger partial charge in [0.25, 0.3) is 5.91 Å². The molecule has 1 unspecified atom stereocenters. The van der Waals surface area contributed by atoms with Crippen molar-refractivity contribution < 1.29 is 24.2 Å². The van der Waals surface area contributed by atoms with E-state index in [1.54, 1.807) is 42.5 Å². The third-order valence-corrected chi connectivity index (χ3v) is 6.76. The second-order valence-corrected chi connectivity index (χ2v) is 9.56. The van der Waals surface area contributed by atoms with E-state index in [2.05, 4.69) is 10.6 Å². The molecule has 0 spiro atoms. The minimum atomic E-state index is -1.03. The monoisotopic (exact) mass is 532 g/mol. The van der Waals surface area contributed by atoms with E-state index >= 15 is 0 Å². The van der Waals surface area contributed by atoms with Crippen LogP contribution in [0.5, 0.6) is 0 Å². The Morgan fingerprint density at radius 1 is 0.914 bits per heavy atom. The average Bonchev–Trinajstić information content (AvgIpc) is 2.82. The van der Waals surface area contributed by atoms with Crippen LogP contribution in [0.25, 0.3) is 0 Å². The van der Waals surface area contributed by atoms with Gasteiger partial charge >= 0.3 is 12.1 Å². The first-order chi connectivity index (χ1) is 16.7. The summed E-state index contributed by atoms with van der Waals surface area (Å²) in [4.78, 5) is 36.7. The molecule has 0 fully saturated rings. The highest BCUT2D eigenvalue weighted by Crippen LogP contribution is 2.28. The molecule has 1 atom stereocenters. The van der Waals surface area contributed by atoms with E-state index in [0.29, 0.717) is 26.9 Å². The van der Waals surface area contributed by atoms with Crippen molar-refractivity contribution >= 4 is 64.3 Å². The molecule has 3 aromatic carbocycles. The summed E-state index contributed by atoms with van der Waals surface area (Å²) in [5.74, 6) is -1.26. The molecule has 3 rings (SSSR count). The molecule has 35 heavy (non-hydrogen) atoms. The maximum absolute atomic E-state index is 12.3. The largest absolute Gasteiger partial charge is 0.480 e. The number of aryl methyl sites for hydroxylation is 1. The fourth-order valence-electron chi connectivity index (χ4n) is 2.91. The number of hydrogen-bond donors (Lipinski definition) is 3. The number of nitrogens with one attached hydrogen (secondary N) is 2. The first kappa shape index (κ1) is 26.4. The van der Waals surface area contributed by atoms with Gasteiger partial charge in [-0.25, -0.2) is 4.79 Å². The number of carbonyl (C=O) groups is 3. The number of halogens is 2. The molecular weight excluding hydrogens is 511 g/mol. The molecule has 182 valence electrons. The van der Waals surface area contributed by atoms with Gasteiger partial charge in [0.1, 0.15) is 5.25 Å². The third-order valence-electron chi connectivity index (χ3n) is 4.76. The Hall–Kier alpha value is -3.20. The standard InChI is InChI=1S/C25H22Cl2N2O5S/c1-15-2-4-16(5-3-15)23(30)28-17-6-9-19(10-7-17)35-22(24(31)32)12-13-34-25(33)29-18-8-11-20(26)21(27)14-18/h2-11,14,22H,12-13H2,1H3,(H,28,30)(H,29,33)(H,31,32). The third kappa shape index (κ3) is 8.20. The van der Waals surface area contributed by atoms with Crippen LogP contribution in [0.3, 0.4) is 0 Å². The number of rotatable bonds is 9. The number of aliphatic carboxylic acids is 1. The minimum absolute atomic E-state index is 0.0954. The van der Waals surface area contributed by atoms with E-state index in [4.69, 9.17) is 27.9 Å². The molecule has 0 bridgehead atoms. The summed E-state index contributed by atoms with van der Waals surface area (Å²) in [6, 6.07) is 18.7. The van der Waals surface area contributed by atoms with Gasteiger partial charge in [0.2, 0.25) is 0 Å². The quantitative estimate of drug-likeness (QED) is 0.263. The van der Waals surface area contributed by atoms with Crippen molar-refractivity contribution in [3.8, 4) is 0 Å². The lowest BCUT2D eigenvalue weighted by molar-refractivity contribution is -0.136. The highest BCUT2D eigenvalue weighted by molar-refractivity contribution is 8.00. The van der Waals surface area contributed by atoms with Crippen LogP contribution in [0.15, 0.2) is 71.6 Å². The molecule has 10 heteroatoms. The Kier molecular flexibility index (Phi) is 9.42. The van der Waals surface area contributed by atoms with Crippen LogP contribution in [0.2, 0.25) is 10.0 Å². The van der Waals surface area contributed by atoms with Gasteiger partial charge < -0.3 is 15.2 Å². The number of thioether (sulfide) groups is 1. The summed E-state index contributed by atoms with van der Waals surface area (Å²) in [6.07, 6.45) is -0.632. The van der Waals surface area contributed by atoms with E-state index < -0.39 is 17.3 Å². The Bertz CT molecular complexity index is 1200. The van der Waals surface area contributed by atoms with E-state index in [1.165, 1.54) is 12.1 Å². The van der Waals surface area contributed by atoms with Crippen LogP contribution >= 0.6 is 35.0 Å². The molecule has 0 radical (unpaired) electrons. The Morgan fingerprint density at radius 2 is 1.57 bits per heavy atom. The number of carboxylic acids is 1. The molecular formula is C25H22Cl2N2O5S. The van der Waals surface area contributed by atoms with Crippen LogP contribution in [0, 0.1) is 6.92 Å². The van der Waals surface area contributed by atoms with Crippen LogP contribution in [-0.2, 0) is 9.53 Å². The summed E-state index contributed by atoms with van der Waals surface area (Å²) in [7, 11) is 0. The Labute approximate surface area is 216 Å². The normalized spacial score (nSPS) is 11.4. The smallest absolute Gasteiger partial charge is 0.411 e. The zero-order chi connectivity index (χ0) is 25.4. The molecule has 0 heterocycles. The van der Waals surface area contributed by atoms with Gasteiger partial charge in [0.15, 0.2) is 0 Å². The number of carbonyl (C=O) groups excluding carboxylic acids is 2. The fourth-order valence-corrected chi connectivity index (χ4v) is 4.14. The van der Waals surface area contributed by atoms with Crippen LogP contribution < -0.4 is 10.6 Å². The lowest BCUT2D eigenvalue weighted by Crippen LogP contribution is -2.21. The zero-order valence-electron chi connectivity index (χ0n) is 18.6. The highest BCUT2D eigenvalue weighted by atomic mass is 35.5. The average molecular weight is 533 g/mol. The van der Waals surface area contributed by atoms with Crippen molar-refractivity contribution in [2.75, 3.05) is 17.2 Å². The van der Waals surface area contributed by atoms with Gasteiger partial charge in [0.05, 0.1) is 16.7 Å². The summed E-state index contributed by atoms with van der Waals surface area (Å²) in [6.45, 7) is 1.85. The lowest BCUT2D eigenvalue weighted by Gasteiger charge is -2.13. The van der Waals surface area contributed by atoms with Gasteiger partial charge in [0, 0.05) is 28.3 Å². The number of amides is 2. The topological polar surface area (TPSA) is 105 Å². The van der Waals surface area contributed by atoms with Crippen molar-refractivity contribution in [3.63, 3.8) is 0 Å².